The lowest BCUT2D eigenvalue weighted by atomic mass is 9.84. The molecule has 0 amide bonds. The Bertz CT molecular complexity index is 578. The van der Waals surface area contributed by atoms with Crippen LogP contribution in [0.5, 0.6) is 5.88 Å². The maximum absolute atomic E-state index is 11.8. The molecule has 0 saturated carbocycles. The average Bonchev–Trinajstić information content (AvgIpc) is 2.59. The fraction of sp³-hybridized carbons (Fsp3) is 0.647. The lowest BCUT2D eigenvalue weighted by Crippen LogP contribution is -2.53. The van der Waals surface area contributed by atoms with E-state index in [1.807, 2.05) is 6.07 Å². The largest absolute Gasteiger partial charge is 0.480 e. The number of likely N-dealkylation sites (tertiary alicyclic amines) is 1. The SMILES string of the molecule is COC(=O)c1ccc(N2CCCC3CN(C)CCC32)nc1OC. The molecule has 2 unspecified atom stereocenters. The van der Waals surface area contributed by atoms with Gasteiger partial charge in [-0.15, -0.1) is 0 Å². The van der Waals surface area contributed by atoms with Crippen LogP contribution < -0.4 is 9.64 Å². The third kappa shape index (κ3) is 3.13. The fourth-order valence-corrected chi connectivity index (χ4v) is 3.88. The third-order valence-electron chi connectivity index (χ3n) is 5.01. The Labute approximate surface area is 137 Å². The van der Waals surface area contributed by atoms with Crippen LogP contribution >= 0.6 is 0 Å². The van der Waals surface area contributed by atoms with Gasteiger partial charge < -0.3 is 19.3 Å². The van der Waals surface area contributed by atoms with Gasteiger partial charge in [-0.25, -0.2) is 4.79 Å². The molecular formula is C17H25N3O3. The normalized spacial score (nSPS) is 24.9. The van der Waals surface area contributed by atoms with Crippen molar-refractivity contribution in [2.45, 2.75) is 25.3 Å². The van der Waals surface area contributed by atoms with Gasteiger partial charge in [0.1, 0.15) is 11.4 Å². The van der Waals surface area contributed by atoms with Crippen LogP contribution in [0.15, 0.2) is 12.1 Å². The molecule has 6 heteroatoms. The number of nitrogens with zero attached hydrogens (tertiary/aromatic N) is 3. The lowest BCUT2D eigenvalue weighted by molar-refractivity contribution is 0.0596. The van der Waals surface area contributed by atoms with E-state index < -0.39 is 5.97 Å². The van der Waals surface area contributed by atoms with Gasteiger partial charge in [-0.1, -0.05) is 0 Å². The molecule has 0 spiro atoms. The van der Waals surface area contributed by atoms with Crippen LogP contribution in [-0.4, -0.2) is 62.8 Å². The van der Waals surface area contributed by atoms with E-state index in [1.165, 1.54) is 27.1 Å². The van der Waals surface area contributed by atoms with E-state index in [9.17, 15) is 4.79 Å². The van der Waals surface area contributed by atoms with Crippen molar-refractivity contribution in [3.63, 3.8) is 0 Å². The molecular weight excluding hydrogens is 294 g/mol. The average molecular weight is 319 g/mol. The van der Waals surface area contributed by atoms with Crippen molar-refractivity contribution in [3.8, 4) is 5.88 Å². The molecule has 0 aromatic carbocycles. The minimum absolute atomic E-state index is 0.337. The quantitative estimate of drug-likeness (QED) is 0.792. The van der Waals surface area contributed by atoms with Gasteiger partial charge in [0.25, 0.3) is 0 Å². The molecule has 1 aromatic rings. The van der Waals surface area contributed by atoms with E-state index in [0.29, 0.717) is 23.4 Å². The topological polar surface area (TPSA) is 54.9 Å². The second-order valence-corrected chi connectivity index (χ2v) is 6.43. The monoisotopic (exact) mass is 319 g/mol. The number of esters is 1. The van der Waals surface area contributed by atoms with Crippen molar-refractivity contribution in [2.24, 2.45) is 5.92 Å². The number of hydrogen-bond donors (Lipinski definition) is 0. The van der Waals surface area contributed by atoms with E-state index >= 15 is 0 Å². The third-order valence-corrected chi connectivity index (χ3v) is 5.01. The minimum Gasteiger partial charge on any atom is -0.480 e. The van der Waals surface area contributed by atoms with Crippen LogP contribution in [0.3, 0.4) is 0 Å². The number of carbonyl (C=O) groups excluding carboxylic acids is 1. The van der Waals surface area contributed by atoms with Crippen LogP contribution in [0.25, 0.3) is 0 Å². The highest BCUT2D eigenvalue weighted by Crippen LogP contribution is 2.34. The van der Waals surface area contributed by atoms with Gasteiger partial charge >= 0.3 is 5.97 Å². The minimum atomic E-state index is -0.420. The van der Waals surface area contributed by atoms with E-state index in [2.05, 4.69) is 21.8 Å². The number of ether oxygens (including phenoxy) is 2. The molecule has 0 bridgehead atoms. The standard InChI is InChI=1S/C17H25N3O3/c1-19-10-8-14-12(11-19)5-4-9-20(14)15-7-6-13(17(21)23-3)16(18-15)22-2/h6-7,12,14H,4-5,8-11H2,1-3H3. The first-order valence-corrected chi connectivity index (χ1v) is 8.22. The summed E-state index contributed by atoms with van der Waals surface area (Å²) in [6.45, 7) is 3.28. The summed E-state index contributed by atoms with van der Waals surface area (Å²) < 4.78 is 10.1. The Morgan fingerprint density at radius 3 is 2.83 bits per heavy atom. The Balaban J connectivity index is 1.87. The molecule has 2 saturated heterocycles. The number of piperidine rings is 2. The van der Waals surface area contributed by atoms with Crippen molar-refractivity contribution in [1.82, 2.24) is 9.88 Å². The zero-order valence-corrected chi connectivity index (χ0v) is 14.1. The van der Waals surface area contributed by atoms with Crippen molar-refractivity contribution in [1.29, 1.82) is 0 Å². The van der Waals surface area contributed by atoms with E-state index in [0.717, 1.165) is 31.9 Å². The molecule has 0 N–H and O–H groups in total. The van der Waals surface area contributed by atoms with Crippen LogP contribution in [0.2, 0.25) is 0 Å². The second-order valence-electron chi connectivity index (χ2n) is 6.43. The lowest BCUT2D eigenvalue weighted by Gasteiger charge is -2.47. The second kappa shape index (κ2) is 6.74. The van der Waals surface area contributed by atoms with Crippen molar-refractivity contribution >= 4 is 11.8 Å². The first kappa shape index (κ1) is 16.1. The number of fused-ring (bicyclic) bond motifs is 1. The van der Waals surface area contributed by atoms with Gasteiger partial charge in [-0.3, -0.25) is 0 Å². The van der Waals surface area contributed by atoms with Crippen molar-refractivity contribution in [3.05, 3.63) is 17.7 Å². The number of pyridine rings is 1. The Morgan fingerprint density at radius 1 is 1.26 bits per heavy atom. The van der Waals surface area contributed by atoms with Crippen LogP contribution in [-0.2, 0) is 4.74 Å². The highest BCUT2D eigenvalue weighted by Gasteiger charge is 2.35. The molecule has 2 aliphatic rings. The van der Waals surface area contributed by atoms with Gasteiger partial charge in [-0.05, 0) is 50.9 Å². The van der Waals surface area contributed by atoms with Gasteiger partial charge in [0.05, 0.1) is 14.2 Å². The number of rotatable bonds is 3. The molecule has 1 aromatic heterocycles. The zero-order valence-electron chi connectivity index (χ0n) is 14.1. The Kier molecular flexibility index (Phi) is 4.71. The first-order chi connectivity index (χ1) is 11.1. The molecule has 2 atom stereocenters. The maximum Gasteiger partial charge on any atom is 0.343 e. The summed E-state index contributed by atoms with van der Waals surface area (Å²) in [5.41, 5.74) is 0.371. The fourth-order valence-electron chi connectivity index (χ4n) is 3.88. The molecule has 2 aliphatic heterocycles. The maximum atomic E-state index is 11.8. The van der Waals surface area contributed by atoms with E-state index in [1.54, 1.807) is 6.07 Å². The number of carbonyl (C=O) groups is 1. The Hall–Kier alpha value is -1.82. The van der Waals surface area contributed by atoms with E-state index in [4.69, 9.17) is 9.47 Å². The molecule has 23 heavy (non-hydrogen) atoms. The molecule has 126 valence electrons. The van der Waals surface area contributed by atoms with Gasteiger partial charge in [0, 0.05) is 19.1 Å². The van der Waals surface area contributed by atoms with Crippen molar-refractivity contribution < 1.29 is 14.3 Å². The predicted molar refractivity (Wildman–Crippen MR) is 88.1 cm³/mol. The number of methoxy groups -OCH3 is 2. The number of aromatic nitrogens is 1. The summed E-state index contributed by atoms with van der Waals surface area (Å²) in [5, 5.41) is 0. The zero-order chi connectivity index (χ0) is 16.4. The summed E-state index contributed by atoms with van der Waals surface area (Å²) in [6.07, 6.45) is 3.62. The first-order valence-electron chi connectivity index (χ1n) is 8.22. The smallest absolute Gasteiger partial charge is 0.343 e. The summed E-state index contributed by atoms with van der Waals surface area (Å²) in [7, 11) is 5.10. The van der Waals surface area contributed by atoms with Gasteiger partial charge in [0.15, 0.2) is 0 Å². The van der Waals surface area contributed by atoms with E-state index in [-0.39, 0.29) is 0 Å². The summed E-state index contributed by atoms with van der Waals surface area (Å²) >= 11 is 0. The van der Waals surface area contributed by atoms with Crippen LogP contribution in [0.4, 0.5) is 5.82 Å². The van der Waals surface area contributed by atoms with Gasteiger partial charge in [0.2, 0.25) is 5.88 Å². The summed E-state index contributed by atoms with van der Waals surface area (Å²) in [4.78, 5) is 21.2. The molecule has 3 heterocycles. The van der Waals surface area contributed by atoms with Crippen LogP contribution in [0, 0.1) is 5.92 Å². The van der Waals surface area contributed by atoms with Crippen molar-refractivity contribution in [2.75, 3.05) is 45.8 Å². The molecule has 0 radical (unpaired) electrons. The molecule has 3 rings (SSSR count). The highest BCUT2D eigenvalue weighted by atomic mass is 16.5. The number of hydrogen-bond acceptors (Lipinski definition) is 6. The molecule has 6 nitrogen and oxygen atoms in total. The summed E-state index contributed by atoms with van der Waals surface area (Å²) in [6, 6.07) is 4.20. The number of anilines is 1. The molecule has 2 fully saturated rings. The highest BCUT2D eigenvalue weighted by molar-refractivity contribution is 5.92. The van der Waals surface area contributed by atoms with Crippen LogP contribution in [0.1, 0.15) is 29.6 Å². The van der Waals surface area contributed by atoms with Gasteiger partial charge in [-0.2, -0.15) is 4.98 Å². The molecule has 0 aliphatic carbocycles. The summed E-state index contributed by atoms with van der Waals surface area (Å²) in [5.74, 6) is 1.51. The predicted octanol–water partition coefficient (Wildman–Crippen LogP) is 1.80. The Morgan fingerprint density at radius 2 is 2.09 bits per heavy atom.